The smallest absolute Gasteiger partial charge is 0.102 e. The molecule has 0 spiro atoms. The molecule has 1 aromatic carbocycles. The van der Waals surface area contributed by atoms with E-state index in [0.717, 1.165) is 0 Å². The molecule has 0 saturated carbocycles. The van der Waals surface area contributed by atoms with Crippen molar-refractivity contribution in [2.45, 2.75) is 9.67 Å². The molecule has 0 aliphatic rings. The SMILES string of the molecule is ClC(Cl)C(Cl)Cl.c1ccccc1. The van der Waals surface area contributed by atoms with Crippen LogP contribution in [0.2, 0.25) is 0 Å². The Morgan fingerprint density at radius 2 is 0.667 bits per heavy atom. The summed E-state index contributed by atoms with van der Waals surface area (Å²) >= 11 is 20.5. The number of benzene rings is 1. The highest BCUT2D eigenvalue weighted by Crippen LogP contribution is 2.16. The van der Waals surface area contributed by atoms with Gasteiger partial charge in [-0.1, -0.05) is 36.4 Å². The van der Waals surface area contributed by atoms with Crippen LogP contribution in [0.4, 0.5) is 0 Å². The Bertz CT molecular complexity index is 141. The zero-order chi connectivity index (χ0) is 9.40. The van der Waals surface area contributed by atoms with Crippen LogP contribution in [-0.4, -0.2) is 9.67 Å². The molecule has 0 atom stereocenters. The van der Waals surface area contributed by atoms with Crippen molar-refractivity contribution in [3.63, 3.8) is 0 Å². The summed E-state index contributed by atoms with van der Waals surface area (Å²) in [5.41, 5.74) is 0. The van der Waals surface area contributed by atoms with Gasteiger partial charge in [-0.15, -0.1) is 46.4 Å². The summed E-state index contributed by atoms with van der Waals surface area (Å²) in [4.78, 5) is -1.35. The normalized spacial score (nSPS) is 9.50. The highest BCUT2D eigenvalue weighted by atomic mass is 35.5. The van der Waals surface area contributed by atoms with E-state index in [4.69, 9.17) is 46.4 Å². The van der Waals surface area contributed by atoms with Crippen molar-refractivity contribution < 1.29 is 0 Å². The van der Waals surface area contributed by atoms with Crippen LogP contribution in [0.1, 0.15) is 0 Å². The third-order valence-electron chi connectivity index (χ3n) is 0.857. The lowest BCUT2D eigenvalue weighted by atomic mass is 10.4. The predicted octanol–water partition coefficient (Wildman–Crippen LogP) is 4.28. The Balaban J connectivity index is 0.000000202. The fourth-order valence-electron chi connectivity index (χ4n) is 0.385. The van der Waals surface area contributed by atoms with E-state index in [1.807, 2.05) is 36.4 Å². The number of alkyl halides is 4. The molecule has 0 N–H and O–H groups in total. The quantitative estimate of drug-likeness (QED) is 0.648. The first kappa shape index (κ1) is 12.4. The van der Waals surface area contributed by atoms with Gasteiger partial charge in [0.05, 0.1) is 0 Å². The van der Waals surface area contributed by atoms with Gasteiger partial charge in [-0.05, 0) is 0 Å². The van der Waals surface area contributed by atoms with Crippen LogP contribution in [0.5, 0.6) is 0 Å². The Hall–Kier alpha value is 0.380. The van der Waals surface area contributed by atoms with Crippen LogP contribution < -0.4 is 0 Å². The van der Waals surface area contributed by atoms with Gasteiger partial charge in [0.15, 0.2) is 0 Å². The second kappa shape index (κ2) is 8.00. The second-order valence-electron chi connectivity index (χ2n) is 1.82. The fourth-order valence-corrected chi connectivity index (χ4v) is 0.385. The number of halogens is 4. The van der Waals surface area contributed by atoms with Gasteiger partial charge in [-0.2, -0.15) is 0 Å². The van der Waals surface area contributed by atoms with Crippen molar-refractivity contribution in [3.05, 3.63) is 36.4 Å². The molecule has 0 saturated heterocycles. The van der Waals surface area contributed by atoms with Gasteiger partial charge in [-0.25, -0.2) is 0 Å². The number of rotatable bonds is 1. The molecule has 0 bridgehead atoms. The lowest BCUT2D eigenvalue weighted by Gasteiger charge is -1.95. The first-order valence-electron chi connectivity index (χ1n) is 3.21. The van der Waals surface area contributed by atoms with Crippen LogP contribution in [0, 0.1) is 0 Å². The molecule has 4 heteroatoms. The summed E-state index contributed by atoms with van der Waals surface area (Å²) < 4.78 is 0. The van der Waals surface area contributed by atoms with Crippen molar-refractivity contribution in [3.8, 4) is 0 Å². The molecule has 0 nitrogen and oxygen atoms in total. The molecular formula is C8H8Cl4. The van der Waals surface area contributed by atoms with E-state index >= 15 is 0 Å². The number of hydrogen-bond donors (Lipinski definition) is 0. The van der Waals surface area contributed by atoms with E-state index in [2.05, 4.69) is 0 Å². The van der Waals surface area contributed by atoms with Gasteiger partial charge in [0.2, 0.25) is 0 Å². The lowest BCUT2D eigenvalue weighted by molar-refractivity contribution is 1.29. The molecule has 0 aromatic heterocycles. The van der Waals surface area contributed by atoms with Crippen molar-refractivity contribution in [2.75, 3.05) is 0 Å². The standard InChI is InChI=1S/C6H6.C2H2Cl4/c1-2-4-6-5-3-1;3-1(4)2(5)6/h1-6H;1-2H. The topological polar surface area (TPSA) is 0 Å². The van der Waals surface area contributed by atoms with Crippen LogP contribution in [0.25, 0.3) is 0 Å². The van der Waals surface area contributed by atoms with E-state index < -0.39 is 9.67 Å². The molecule has 12 heavy (non-hydrogen) atoms. The minimum absolute atomic E-state index is 0.673. The Morgan fingerprint density at radius 3 is 0.750 bits per heavy atom. The van der Waals surface area contributed by atoms with Crippen molar-refractivity contribution in [2.24, 2.45) is 0 Å². The van der Waals surface area contributed by atoms with Crippen molar-refractivity contribution >= 4 is 46.4 Å². The molecule has 0 amide bonds. The summed E-state index contributed by atoms with van der Waals surface area (Å²) in [7, 11) is 0. The monoisotopic (exact) mass is 244 g/mol. The van der Waals surface area contributed by atoms with Gasteiger partial charge in [-0.3, -0.25) is 0 Å². The predicted molar refractivity (Wildman–Crippen MR) is 57.4 cm³/mol. The van der Waals surface area contributed by atoms with Gasteiger partial charge < -0.3 is 0 Å². The summed E-state index contributed by atoms with van der Waals surface area (Å²) in [5.74, 6) is 0. The van der Waals surface area contributed by atoms with Gasteiger partial charge in [0.25, 0.3) is 0 Å². The maximum atomic E-state index is 5.11. The van der Waals surface area contributed by atoms with Crippen LogP contribution >= 0.6 is 46.4 Å². The fraction of sp³-hybridized carbons (Fsp3) is 0.250. The highest BCUT2D eigenvalue weighted by Gasteiger charge is 2.06. The Kier molecular flexibility index (Phi) is 8.25. The molecule has 0 radical (unpaired) electrons. The van der Waals surface area contributed by atoms with E-state index in [1.54, 1.807) is 0 Å². The molecule has 0 heterocycles. The largest absolute Gasteiger partial charge is 0.137 e. The molecule has 68 valence electrons. The average Bonchev–Trinajstić information content (AvgIpc) is 2.08. The van der Waals surface area contributed by atoms with Gasteiger partial charge >= 0.3 is 0 Å². The second-order valence-corrected chi connectivity index (χ2v) is 4.15. The summed E-state index contributed by atoms with van der Waals surface area (Å²) in [6, 6.07) is 12.0. The van der Waals surface area contributed by atoms with Crippen LogP contribution in [-0.2, 0) is 0 Å². The summed E-state index contributed by atoms with van der Waals surface area (Å²) in [6.45, 7) is 0. The minimum Gasteiger partial charge on any atom is -0.102 e. The molecule has 1 rings (SSSR count). The van der Waals surface area contributed by atoms with E-state index in [1.165, 1.54) is 0 Å². The van der Waals surface area contributed by atoms with E-state index in [0.29, 0.717) is 0 Å². The first-order chi connectivity index (χ1) is 5.64. The van der Waals surface area contributed by atoms with Crippen LogP contribution in [0.3, 0.4) is 0 Å². The molecule has 0 fully saturated rings. The average molecular weight is 246 g/mol. The summed E-state index contributed by atoms with van der Waals surface area (Å²) in [6.07, 6.45) is 0. The third-order valence-corrected chi connectivity index (χ3v) is 2.38. The van der Waals surface area contributed by atoms with Crippen LogP contribution in [0.15, 0.2) is 36.4 Å². The molecule has 0 aliphatic carbocycles. The van der Waals surface area contributed by atoms with Crippen molar-refractivity contribution in [1.82, 2.24) is 0 Å². The summed E-state index contributed by atoms with van der Waals surface area (Å²) in [5, 5.41) is 0. The molecule has 0 aliphatic heterocycles. The minimum atomic E-state index is -0.673. The highest BCUT2D eigenvalue weighted by molar-refractivity contribution is 6.56. The van der Waals surface area contributed by atoms with Gasteiger partial charge in [0.1, 0.15) is 9.67 Å². The van der Waals surface area contributed by atoms with Crippen molar-refractivity contribution in [1.29, 1.82) is 0 Å². The molecular weight excluding hydrogens is 238 g/mol. The number of hydrogen-bond acceptors (Lipinski definition) is 0. The molecule has 1 aromatic rings. The Labute approximate surface area is 92.4 Å². The molecule has 0 unspecified atom stereocenters. The Morgan fingerprint density at radius 1 is 0.500 bits per heavy atom. The zero-order valence-electron chi connectivity index (χ0n) is 6.13. The van der Waals surface area contributed by atoms with E-state index in [9.17, 15) is 0 Å². The zero-order valence-corrected chi connectivity index (χ0v) is 9.15. The van der Waals surface area contributed by atoms with E-state index in [-0.39, 0.29) is 0 Å². The van der Waals surface area contributed by atoms with Gasteiger partial charge in [0, 0.05) is 0 Å². The third kappa shape index (κ3) is 8.48. The maximum absolute atomic E-state index is 5.11. The lowest BCUT2D eigenvalue weighted by Crippen LogP contribution is -1.96. The first-order valence-corrected chi connectivity index (χ1v) is 4.95. The maximum Gasteiger partial charge on any atom is 0.137 e.